The first kappa shape index (κ1) is 25.0. The number of piperazine rings is 1. The third-order valence-electron chi connectivity index (χ3n) is 5.27. The molecule has 1 aromatic heterocycles. The summed E-state index contributed by atoms with van der Waals surface area (Å²) in [5, 5.41) is 2.11. The summed E-state index contributed by atoms with van der Waals surface area (Å²) >= 11 is 0.707. The lowest BCUT2D eigenvalue weighted by Crippen LogP contribution is -2.47. The fraction of sp³-hybridized carbons (Fsp3) is 0.286. The van der Waals surface area contributed by atoms with Gasteiger partial charge < -0.3 is 9.64 Å². The van der Waals surface area contributed by atoms with Crippen LogP contribution in [0.2, 0.25) is 0 Å². The number of anilines is 1. The third-order valence-corrected chi connectivity index (χ3v) is 8.08. The number of aromatic nitrogens is 1. The molecule has 1 N–H and O–H groups in total. The van der Waals surface area contributed by atoms with Gasteiger partial charge in [-0.1, -0.05) is 17.4 Å². The van der Waals surface area contributed by atoms with E-state index in [0.717, 1.165) is 6.07 Å². The predicted octanol–water partition coefficient (Wildman–Crippen LogP) is 2.45. The molecular formula is C21H19F3N4O5S2. The van der Waals surface area contributed by atoms with Gasteiger partial charge >= 0.3 is 5.97 Å². The number of amides is 1. The number of nitrogens with zero attached hydrogens (tertiary/aromatic N) is 3. The van der Waals surface area contributed by atoms with Gasteiger partial charge in [0.15, 0.2) is 29.2 Å². The summed E-state index contributed by atoms with van der Waals surface area (Å²) in [6.07, 6.45) is 0. The van der Waals surface area contributed by atoms with Crippen LogP contribution in [0.15, 0.2) is 35.2 Å². The Kier molecular flexibility index (Phi) is 7.07. The number of halogens is 3. The molecule has 0 aliphatic carbocycles. The monoisotopic (exact) mass is 528 g/mol. The molecule has 1 fully saturated rings. The quantitative estimate of drug-likeness (QED) is 0.387. The Hall–Kier alpha value is -3.07. The van der Waals surface area contributed by atoms with Crippen LogP contribution < -0.4 is 5.32 Å². The van der Waals surface area contributed by atoms with Crippen LogP contribution >= 0.6 is 11.3 Å². The van der Waals surface area contributed by atoms with Gasteiger partial charge in [0.25, 0.3) is 5.91 Å². The Morgan fingerprint density at radius 1 is 1.11 bits per heavy atom. The highest BCUT2D eigenvalue weighted by Gasteiger charge is 2.28. The van der Waals surface area contributed by atoms with Crippen LogP contribution in [0.25, 0.3) is 10.2 Å². The minimum atomic E-state index is -3.81. The van der Waals surface area contributed by atoms with Crippen molar-refractivity contribution in [2.75, 3.05) is 45.2 Å². The predicted molar refractivity (Wildman–Crippen MR) is 121 cm³/mol. The van der Waals surface area contributed by atoms with Crippen molar-refractivity contribution < 1.29 is 35.9 Å². The normalized spacial score (nSPS) is 15.3. The van der Waals surface area contributed by atoms with Crippen LogP contribution in [0.3, 0.4) is 0 Å². The minimum Gasteiger partial charge on any atom is -0.452 e. The van der Waals surface area contributed by atoms with Gasteiger partial charge in [0, 0.05) is 26.2 Å². The molecule has 1 amide bonds. The van der Waals surface area contributed by atoms with Gasteiger partial charge in [-0.25, -0.2) is 31.4 Å². The highest BCUT2D eigenvalue weighted by atomic mass is 32.2. The molecule has 0 radical (unpaired) electrons. The van der Waals surface area contributed by atoms with Gasteiger partial charge in [-0.15, -0.1) is 0 Å². The summed E-state index contributed by atoms with van der Waals surface area (Å²) in [6.45, 7) is 1.06. The number of benzene rings is 2. The zero-order chi connectivity index (χ0) is 25.3. The Morgan fingerprint density at radius 3 is 2.54 bits per heavy atom. The van der Waals surface area contributed by atoms with Gasteiger partial charge in [-0.3, -0.25) is 10.1 Å². The van der Waals surface area contributed by atoms with Gasteiger partial charge in [-0.05, 0) is 31.3 Å². The molecule has 4 rings (SSSR count). The van der Waals surface area contributed by atoms with Crippen LogP contribution in [0, 0.1) is 17.5 Å². The molecule has 3 aromatic rings. The first-order chi connectivity index (χ1) is 16.6. The number of carbonyl (C=O) groups excluding carboxylic acids is 2. The van der Waals surface area contributed by atoms with Crippen molar-refractivity contribution in [3.8, 4) is 0 Å². The van der Waals surface area contributed by atoms with E-state index < -0.39 is 51.5 Å². The van der Waals surface area contributed by atoms with E-state index in [1.165, 1.54) is 28.6 Å². The molecule has 1 aliphatic heterocycles. The number of carbonyl (C=O) groups is 2. The first-order valence-corrected chi connectivity index (χ1v) is 12.5. The van der Waals surface area contributed by atoms with Crippen LogP contribution in [0.1, 0.15) is 10.4 Å². The molecule has 0 saturated carbocycles. The van der Waals surface area contributed by atoms with Crippen molar-refractivity contribution in [1.82, 2.24) is 14.2 Å². The molecular weight excluding hydrogens is 509 g/mol. The fourth-order valence-electron chi connectivity index (χ4n) is 3.36. The molecule has 9 nitrogen and oxygen atoms in total. The van der Waals surface area contributed by atoms with Crippen LogP contribution in [-0.2, 0) is 19.6 Å². The van der Waals surface area contributed by atoms with Crippen molar-refractivity contribution >= 4 is 48.6 Å². The summed E-state index contributed by atoms with van der Waals surface area (Å²) in [4.78, 5) is 30.2. The highest BCUT2D eigenvalue weighted by Crippen LogP contribution is 2.30. The number of rotatable bonds is 6. The highest BCUT2D eigenvalue weighted by molar-refractivity contribution is 7.89. The fourth-order valence-corrected chi connectivity index (χ4v) is 5.73. The molecule has 2 heterocycles. The second-order valence-corrected chi connectivity index (χ2v) is 10.7. The van der Waals surface area contributed by atoms with Crippen LogP contribution in [0.5, 0.6) is 0 Å². The summed E-state index contributed by atoms with van der Waals surface area (Å²) < 4.78 is 72.5. The zero-order valence-electron chi connectivity index (χ0n) is 18.3. The second-order valence-electron chi connectivity index (χ2n) is 7.71. The van der Waals surface area contributed by atoms with Crippen molar-refractivity contribution in [2.24, 2.45) is 0 Å². The van der Waals surface area contributed by atoms with E-state index in [0.29, 0.717) is 37.5 Å². The largest absolute Gasteiger partial charge is 0.452 e. The van der Waals surface area contributed by atoms with Crippen LogP contribution in [0.4, 0.5) is 18.3 Å². The van der Waals surface area contributed by atoms with E-state index in [9.17, 15) is 31.2 Å². The topological polar surface area (TPSA) is 109 Å². The number of hydrogen-bond acceptors (Lipinski definition) is 8. The maximum atomic E-state index is 13.8. The van der Waals surface area contributed by atoms with Gasteiger partial charge in [-0.2, -0.15) is 4.31 Å². The standard InChI is InChI=1S/C21H19F3N4O5S2/c1-27-5-7-28(8-6-27)35(31,32)13-4-2-3-12(9-13)20(30)33-11-16(29)25-21-26-19-15(34-21)10-14(22)17(23)18(19)24/h2-4,9-10H,5-8,11H2,1H3,(H,25,26,29). The molecule has 186 valence electrons. The Bertz CT molecular complexity index is 1410. The summed E-state index contributed by atoms with van der Waals surface area (Å²) in [5.74, 6) is -6.31. The van der Waals surface area contributed by atoms with E-state index in [1.54, 1.807) is 0 Å². The second kappa shape index (κ2) is 9.89. The van der Waals surface area contributed by atoms with E-state index >= 15 is 0 Å². The number of likely N-dealkylation sites (N-methyl/N-ethyl adjacent to an activating group) is 1. The number of sulfonamides is 1. The molecule has 2 aromatic carbocycles. The van der Waals surface area contributed by atoms with Crippen molar-refractivity contribution in [3.05, 3.63) is 53.3 Å². The van der Waals surface area contributed by atoms with E-state index in [1.807, 2.05) is 11.9 Å². The van der Waals surface area contributed by atoms with Gasteiger partial charge in [0.1, 0.15) is 5.52 Å². The number of esters is 1. The number of thiazole rings is 1. The molecule has 0 unspecified atom stereocenters. The van der Waals surface area contributed by atoms with Crippen molar-refractivity contribution in [3.63, 3.8) is 0 Å². The Balaban J connectivity index is 1.39. The summed E-state index contributed by atoms with van der Waals surface area (Å²) in [7, 11) is -1.91. The SMILES string of the molecule is CN1CCN(S(=O)(=O)c2cccc(C(=O)OCC(=O)Nc3nc4c(F)c(F)c(F)cc4s3)c2)CC1. The molecule has 0 bridgehead atoms. The number of fused-ring (bicyclic) bond motifs is 1. The Morgan fingerprint density at radius 2 is 1.83 bits per heavy atom. The third kappa shape index (κ3) is 5.29. The maximum Gasteiger partial charge on any atom is 0.338 e. The molecule has 1 saturated heterocycles. The minimum absolute atomic E-state index is 0.0212. The summed E-state index contributed by atoms with van der Waals surface area (Å²) in [5.41, 5.74) is -0.513. The lowest BCUT2D eigenvalue weighted by Gasteiger charge is -2.31. The average molecular weight is 529 g/mol. The van der Waals surface area contributed by atoms with Crippen molar-refractivity contribution in [1.29, 1.82) is 0 Å². The molecule has 14 heteroatoms. The number of hydrogen-bond donors (Lipinski definition) is 1. The van der Waals surface area contributed by atoms with Gasteiger partial charge in [0.2, 0.25) is 10.0 Å². The van der Waals surface area contributed by atoms with Gasteiger partial charge in [0.05, 0.1) is 15.2 Å². The van der Waals surface area contributed by atoms with E-state index in [-0.39, 0.29) is 20.3 Å². The first-order valence-electron chi connectivity index (χ1n) is 10.3. The molecule has 0 spiro atoms. The van der Waals surface area contributed by atoms with E-state index in [2.05, 4.69) is 10.3 Å². The molecule has 35 heavy (non-hydrogen) atoms. The smallest absolute Gasteiger partial charge is 0.338 e. The molecule has 1 aliphatic rings. The van der Waals surface area contributed by atoms with Crippen molar-refractivity contribution in [2.45, 2.75) is 4.90 Å². The maximum absolute atomic E-state index is 13.8. The van der Waals surface area contributed by atoms with E-state index in [4.69, 9.17) is 4.74 Å². The lowest BCUT2D eigenvalue weighted by molar-refractivity contribution is -0.119. The average Bonchev–Trinajstić information content (AvgIpc) is 3.23. The zero-order valence-corrected chi connectivity index (χ0v) is 19.9. The van der Waals surface area contributed by atoms with Crippen LogP contribution in [-0.4, -0.2) is 74.3 Å². The lowest BCUT2D eigenvalue weighted by atomic mass is 10.2. The number of nitrogens with one attached hydrogen (secondary N) is 1. The molecule has 0 atom stereocenters. The Labute approximate surface area is 202 Å². The summed E-state index contributed by atoms with van der Waals surface area (Å²) in [6, 6.07) is 6.04. The number of ether oxygens (including phenoxy) is 1.